The zero-order chi connectivity index (χ0) is 101. The minimum atomic E-state index is -3.52. The van der Waals surface area contributed by atoms with E-state index < -0.39 is 75.4 Å². The summed E-state index contributed by atoms with van der Waals surface area (Å²) in [6.07, 6.45) is 15.5. The number of fused-ring (bicyclic) bond motifs is 4. The normalized spacial score (nSPS) is 15.4. The van der Waals surface area contributed by atoms with Gasteiger partial charge in [0, 0.05) is 107 Å². The first-order valence-electron chi connectivity index (χ1n) is 45.8. The molecule has 736 valence electrons. The van der Waals surface area contributed by atoms with Crippen LogP contribution in [0.15, 0.2) is 267 Å². The van der Waals surface area contributed by atoms with Crippen molar-refractivity contribution in [3.8, 4) is 45.3 Å². The molecular formula is C104H88Cl6F2N16O12S4. The van der Waals surface area contributed by atoms with Crippen molar-refractivity contribution in [2.45, 2.75) is 77.0 Å². The summed E-state index contributed by atoms with van der Waals surface area (Å²) in [5.41, 5.74) is 11.3. The third-order valence-electron chi connectivity index (χ3n) is 24.2. The smallest absolute Gasteiger partial charge is 0.258 e. The Morgan fingerprint density at radius 3 is 0.903 bits per heavy atom. The predicted octanol–water partition coefficient (Wildman–Crippen LogP) is 23.7. The molecule has 0 saturated carbocycles. The van der Waals surface area contributed by atoms with Crippen molar-refractivity contribution in [1.29, 1.82) is 0 Å². The van der Waals surface area contributed by atoms with Crippen molar-refractivity contribution in [3.05, 3.63) is 331 Å². The van der Waals surface area contributed by atoms with Crippen molar-refractivity contribution < 1.29 is 61.6 Å². The molecule has 6 aromatic heterocycles. The molecule has 10 aromatic carbocycles. The molecule has 40 heteroatoms. The molecule has 4 aliphatic heterocycles. The number of rotatable bonds is 16. The third kappa shape index (κ3) is 24.1. The maximum atomic E-state index is 14.9. The first-order chi connectivity index (χ1) is 69.3. The van der Waals surface area contributed by atoms with Gasteiger partial charge >= 0.3 is 0 Å². The highest BCUT2D eigenvalue weighted by molar-refractivity contribution is 7.93. The molecule has 144 heavy (non-hydrogen) atoms. The summed E-state index contributed by atoms with van der Waals surface area (Å²) in [6.45, 7) is 1.38. The van der Waals surface area contributed by atoms with E-state index >= 15 is 0 Å². The average molecular weight is 2130 g/mol. The number of benzene rings is 10. The largest absolute Gasteiger partial charge is 0.322 e. The Labute approximate surface area is 858 Å². The summed E-state index contributed by atoms with van der Waals surface area (Å²) in [5.74, 6) is -2.71. The van der Waals surface area contributed by atoms with Crippen LogP contribution in [0.1, 0.15) is 118 Å². The van der Waals surface area contributed by atoms with Gasteiger partial charge in [0.05, 0.1) is 143 Å². The molecule has 0 unspecified atom stereocenters. The average Bonchev–Trinajstić information content (AvgIpc) is 1.32. The molecule has 20 rings (SSSR count). The van der Waals surface area contributed by atoms with Crippen LogP contribution < -0.4 is 38.5 Å². The molecule has 16 aromatic rings. The molecule has 4 N–H and O–H groups in total. The lowest BCUT2D eigenvalue weighted by Crippen LogP contribution is -2.32. The monoisotopic (exact) mass is 2130 g/mol. The van der Waals surface area contributed by atoms with Crippen LogP contribution in [0.3, 0.4) is 0 Å². The molecule has 0 aliphatic carbocycles. The van der Waals surface area contributed by atoms with E-state index in [1.54, 1.807) is 128 Å². The van der Waals surface area contributed by atoms with E-state index in [0.29, 0.717) is 163 Å². The third-order valence-corrected chi connectivity index (χ3v) is 33.6. The highest BCUT2D eigenvalue weighted by Crippen LogP contribution is 2.40. The van der Waals surface area contributed by atoms with Crippen LogP contribution in [-0.2, 0) is 40.1 Å². The Hall–Kier alpha value is -13.5. The van der Waals surface area contributed by atoms with Crippen molar-refractivity contribution in [2.24, 2.45) is 0 Å². The highest BCUT2D eigenvalue weighted by Gasteiger charge is 2.32. The van der Waals surface area contributed by atoms with E-state index in [0.717, 1.165) is 89.0 Å². The topological polar surface area (TPSA) is 369 Å². The van der Waals surface area contributed by atoms with Gasteiger partial charge in [0.2, 0.25) is 40.1 Å². The summed E-state index contributed by atoms with van der Waals surface area (Å²) in [6, 6.07) is 66.8. The highest BCUT2D eigenvalue weighted by atomic mass is 35.5. The summed E-state index contributed by atoms with van der Waals surface area (Å²) in [7, 11) is -13.9. The zero-order valence-electron chi connectivity index (χ0n) is 76.5. The number of carbonyl (C=O) groups excluding carboxylic acids is 4. The fraction of sp³-hybridized carbons (Fsp3) is 0.192. The number of sulfonamides is 4. The maximum Gasteiger partial charge on any atom is 0.258 e. The van der Waals surface area contributed by atoms with Crippen molar-refractivity contribution in [2.75, 3.05) is 87.7 Å². The Kier molecular flexibility index (Phi) is 31.7. The number of amides is 4. The van der Waals surface area contributed by atoms with Crippen LogP contribution in [0.2, 0.25) is 30.1 Å². The Morgan fingerprint density at radius 1 is 0.271 bits per heavy atom. The van der Waals surface area contributed by atoms with E-state index in [2.05, 4.69) is 61.1 Å². The molecule has 0 spiro atoms. The van der Waals surface area contributed by atoms with Crippen LogP contribution in [0.25, 0.3) is 89.2 Å². The van der Waals surface area contributed by atoms with Gasteiger partial charge in [-0.2, -0.15) is 0 Å². The van der Waals surface area contributed by atoms with Gasteiger partial charge < -0.3 is 21.3 Å². The number of nitrogens with zero attached hydrogens (tertiary/aromatic N) is 12. The Balaban J connectivity index is 0.000000132. The molecule has 10 heterocycles. The molecule has 28 nitrogen and oxygen atoms in total. The van der Waals surface area contributed by atoms with Gasteiger partial charge in [-0.05, 0) is 258 Å². The Bertz CT molecular complexity index is 7260. The lowest BCUT2D eigenvalue weighted by atomic mass is 10.1. The lowest BCUT2D eigenvalue weighted by Gasteiger charge is -2.22. The van der Waals surface area contributed by atoms with Gasteiger partial charge in [0.25, 0.3) is 23.6 Å². The van der Waals surface area contributed by atoms with Crippen molar-refractivity contribution in [3.63, 3.8) is 0 Å². The van der Waals surface area contributed by atoms with E-state index in [4.69, 9.17) is 69.6 Å². The number of nitrogens with one attached hydrogen (secondary N) is 4. The van der Waals surface area contributed by atoms with E-state index in [1.807, 2.05) is 84.9 Å². The SMILES string of the molecule is O=C(Nc1ccc(Cl)c(-c2ccc3ncccc3n2)c1)c1ccc(N2CCCCCS2(=O)=O)cc1Cl.O=C(Nc1ccc(Cl)c(-c2ccc3ncccc3n2)c1)c1ccc(N2CCCCCS2(=O)=O)cc1F.O=C(Nc1ccc(Cl)c(-c2ncc3ccccc3n2)c1)c1ccc(N2CCCCCS2(=O)=O)cc1Cl.O=C(Nc1ccc(Cl)c(-c2ncc3ccccc3n2)c1)c1ccc(N2CCCCCS2(=O)=O)cc1F. The molecule has 0 bridgehead atoms. The molecule has 4 aliphatic rings. The molecular weight excluding hydrogens is 2040 g/mol. The van der Waals surface area contributed by atoms with Gasteiger partial charge in [0.1, 0.15) is 11.6 Å². The number of hydrogen-bond donors (Lipinski definition) is 4. The second kappa shape index (κ2) is 44.8. The molecule has 4 saturated heterocycles. The number of halogens is 8. The van der Waals surface area contributed by atoms with E-state index in [1.165, 1.54) is 59.7 Å². The summed E-state index contributed by atoms with van der Waals surface area (Å²) < 4.78 is 136. The van der Waals surface area contributed by atoms with E-state index in [9.17, 15) is 61.6 Å². The van der Waals surface area contributed by atoms with Crippen LogP contribution in [0.5, 0.6) is 0 Å². The maximum absolute atomic E-state index is 14.9. The fourth-order valence-electron chi connectivity index (χ4n) is 16.8. The quantitative estimate of drug-likeness (QED) is 0.0698. The van der Waals surface area contributed by atoms with Gasteiger partial charge in [0.15, 0.2) is 11.6 Å². The predicted molar refractivity (Wildman–Crippen MR) is 567 cm³/mol. The van der Waals surface area contributed by atoms with Crippen LogP contribution in [0.4, 0.5) is 54.3 Å². The first kappa shape index (κ1) is 102. The number of para-hydroxylation sites is 2. The minimum Gasteiger partial charge on any atom is -0.322 e. The number of hydrogen-bond acceptors (Lipinski definition) is 20. The number of carbonyl (C=O) groups is 4. The van der Waals surface area contributed by atoms with Crippen molar-refractivity contribution in [1.82, 2.24) is 39.9 Å². The first-order valence-corrected chi connectivity index (χ1v) is 54.5. The number of pyridine rings is 4. The van der Waals surface area contributed by atoms with E-state index in [-0.39, 0.29) is 73.2 Å². The van der Waals surface area contributed by atoms with Gasteiger partial charge in [-0.15, -0.1) is 0 Å². The number of aromatic nitrogens is 8. The standard InChI is InChI=1S/2C26H22Cl2N4O3S.2C26H22ClFN4O3S/c27-22-11-8-18(14-21(22)25-29-16-17-6-2-3-7-24(17)31-25)30-26(33)20-10-9-19(15-23(20)28)32-12-4-1-5-13-36(32,34)35;27-21-9-6-17(15-20(21)23-10-11-24-25(31-23)5-4-12-29-24)30-26(33)19-8-7-18(16-22(19)28)32-13-2-1-3-14-36(32,34)35;27-22-11-8-18(14-21(22)25-29-16-17-6-2-3-7-24(17)31-25)30-26(33)20-10-9-19(15-23(20)28)32-12-4-1-5-13-36(32,34)35;27-21-9-6-17(15-20(21)23-10-11-24-25(31-23)5-4-12-29-24)30-26(33)19-8-7-18(16-22(19)28)32-13-2-1-3-14-36(32,34)35/h2-3,6-11,14-16H,1,4-5,12-13H2,(H,30,33);4-12,15-16H,1-3,13-14H2,(H,30,33);2-3,6-11,14-16H,1,4-5,12-13H2,(H,30,33);4-12,15-16H,1-3,13-14H2,(H,30,33). The van der Waals surface area contributed by atoms with Gasteiger partial charge in [-0.25, -0.2) is 72.4 Å². The van der Waals surface area contributed by atoms with Crippen LogP contribution in [0, 0.1) is 11.6 Å². The van der Waals surface area contributed by atoms with Crippen LogP contribution in [-0.4, -0.2) is 146 Å². The minimum absolute atomic E-state index is 0.0245. The number of anilines is 8. The second-order valence-electron chi connectivity index (χ2n) is 34.0. The summed E-state index contributed by atoms with van der Waals surface area (Å²) >= 11 is 38.5. The second-order valence-corrected chi connectivity index (χ2v) is 44.5. The van der Waals surface area contributed by atoms with Gasteiger partial charge in [-0.1, -0.05) is 132 Å². The molecule has 0 radical (unpaired) electrons. The zero-order valence-corrected chi connectivity index (χ0v) is 84.3. The summed E-state index contributed by atoms with van der Waals surface area (Å²) in [5, 5.41) is 14.9. The van der Waals surface area contributed by atoms with Crippen molar-refractivity contribution >= 4 is 223 Å². The lowest BCUT2D eigenvalue weighted by molar-refractivity contribution is 0.101. The molecule has 0 atom stereocenters. The molecule has 4 amide bonds. The van der Waals surface area contributed by atoms with Gasteiger partial charge in [-0.3, -0.25) is 46.4 Å². The summed E-state index contributed by atoms with van der Waals surface area (Å²) in [4.78, 5) is 87.5. The van der Waals surface area contributed by atoms with Crippen LogP contribution >= 0.6 is 69.6 Å². The Morgan fingerprint density at radius 2 is 0.569 bits per heavy atom. The molecule has 4 fully saturated rings. The fourth-order valence-corrected chi connectivity index (χ4v) is 24.6.